The summed E-state index contributed by atoms with van der Waals surface area (Å²) >= 11 is 0. The number of carbonyl (C=O) groups excluding carboxylic acids is 1. The molecule has 1 aromatic carbocycles. The van der Waals surface area contributed by atoms with E-state index in [0.29, 0.717) is 0 Å². The second kappa shape index (κ2) is 6.45. The van der Waals surface area contributed by atoms with Gasteiger partial charge in [0.05, 0.1) is 11.3 Å². The number of carboxylic acid groups (broad SMARTS) is 1. The smallest absolute Gasteiger partial charge is 0.321 e. The number of aliphatic carboxylic acids is 1. The summed E-state index contributed by atoms with van der Waals surface area (Å²) in [4.78, 5) is 32.6. The summed E-state index contributed by atoms with van der Waals surface area (Å²) in [5.74, 6) is -2.12. The van der Waals surface area contributed by atoms with E-state index in [9.17, 15) is 24.1 Å². The van der Waals surface area contributed by atoms with Crippen LogP contribution in [0.25, 0.3) is 0 Å². The molecule has 0 aliphatic rings. The van der Waals surface area contributed by atoms with Crippen molar-refractivity contribution >= 4 is 23.4 Å². The minimum atomic E-state index is -1.07. The molecule has 8 nitrogen and oxygen atoms in total. The Hall–Kier alpha value is -2.71. The summed E-state index contributed by atoms with van der Waals surface area (Å²) < 4.78 is 13.3. The average Bonchev–Trinajstić information content (AvgIpc) is 2.35. The number of nitrogens with one attached hydrogen (secondary N) is 1. The minimum Gasteiger partial charge on any atom is -0.481 e. The number of halogens is 1. The molecule has 0 aromatic heterocycles. The van der Waals surface area contributed by atoms with Gasteiger partial charge in [0.2, 0.25) is 5.82 Å². The van der Waals surface area contributed by atoms with E-state index in [0.717, 1.165) is 17.0 Å². The Kier molecular flexibility index (Phi) is 4.95. The van der Waals surface area contributed by atoms with Gasteiger partial charge in [-0.25, -0.2) is 4.79 Å². The third-order valence-electron chi connectivity index (χ3n) is 2.40. The van der Waals surface area contributed by atoms with Crippen LogP contribution in [-0.2, 0) is 4.79 Å². The zero-order valence-electron chi connectivity index (χ0n) is 10.5. The lowest BCUT2D eigenvalue weighted by atomic mass is 10.2. The fourth-order valence-corrected chi connectivity index (χ4v) is 1.32. The van der Waals surface area contributed by atoms with Gasteiger partial charge in [-0.2, -0.15) is 4.39 Å². The van der Waals surface area contributed by atoms with Crippen molar-refractivity contribution in [3.8, 4) is 0 Å². The van der Waals surface area contributed by atoms with Gasteiger partial charge in [-0.3, -0.25) is 14.9 Å². The summed E-state index contributed by atoms with van der Waals surface area (Å²) in [6.07, 6.45) is -0.224. The molecule has 0 heterocycles. The van der Waals surface area contributed by atoms with Crippen LogP contribution in [0, 0.1) is 15.9 Å². The van der Waals surface area contributed by atoms with Crippen molar-refractivity contribution < 1.29 is 24.0 Å². The molecule has 0 aliphatic carbocycles. The zero-order valence-corrected chi connectivity index (χ0v) is 10.5. The maximum Gasteiger partial charge on any atom is 0.321 e. The molecule has 108 valence electrons. The summed E-state index contributed by atoms with van der Waals surface area (Å²) in [6, 6.07) is 2.30. The van der Waals surface area contributed by atoms with Gasteiger partial charge in [-0.05, 0) is 6.07 Å². The van der Waals surface area contributed by atoms with E-state index in [-0.39, 0.29) is 18.7 Å². The summed E-state index contributed by atoms with van der Waals surface area (Å²) in [5.41, 5.74) is -0.650. The molecule has 0 bridgehead atoms. The Morgan fingerprint density at radius 2 is 2.15 bits per heavy atom. The third kappa shape index (κ3) is 4.19. The zero-order chi connectivity index (χ0) is 15.3. The predicted molar refractivity (Wildman–Crippen MR) is 67.0 cm³/mol. The lowest BCUT2D eigenvalue weighted by molar-refractivity contribution is -0.387. The van der Waals surface area contributed by atoms with Crippen molar-refractivity contribution in [2.45, 2.75) is 6.42 Å². The highest BCUT2D eigenvalue weighted by Crippen LogP contribution is 2.20. The number of benzene rings is 1. The topological polar surface area (TPSA) is 113 Å². The van der Waals surface area contributed by atoms with Gasteiger partial charge >= 0.3 is 17.7 Å². The number of nitrogens with zero attached hydrogens (tertiary/aromatic N) is 2. The predicted octanol–water partition coefficient (Wildman–Crippen LogP) is 1.67. The maximum atomic E-state index is 13.3. The Bertz CT molecular complexity index is 549. The summed E-state index contributed by atoms with van der Waals surface area (Å²) in [5, 5.41) is 21.2. The second-order valence-electron chi connectivity index (χ2n) is 3.92. The lowest BCUT2D eigenvalue weighted by Crippen LogP contribution is -2.33. The number of anilines is 1. The van der Waals surface area contributed by atoms with Gasteiger partial charge < -0.3 is 15.3 Å². The quantitative estimate of drug-likeness (QED) is 0.631. The molecule has 0 unspecified atom stereocenters. The number of amides is 2. The van der Waals surface area contributed by atoms with Crippen molar-refractivity contribution in [2.75, 3.05) is 18.9 Å². The molecule has 0 aliphatic heterocycles. The molecule has 2 N–H and O–H groups in total. The van der Waals surface area contributed by atoms with E-state index in [1.165, 1.54) is 13.1 Å². The molecular formula is C11H12FN3O5. The van der Waals surface area contributed by atoms with Crippen LogP contribution in [-0.4, -0.2) is 40.5 Å². The highest BCUT2D eigenvalue weighted by atomic mass is 19.1. The van der Waals surface area contributed by atoms with Crippen molar-refractivity contribution in [2.24, 2.45) is 0 Å². The molecular weight excluding hydrogens is 273 g/mol. The Labute approximate surface area is 113 Å². The van der Waals surface area contributed by atoms with Crippen molar-refractivity contribution in [3.05, 3.63) is 34.1 Å². The molecule has 2 amide bonds. The Balaban J connectivity index is 2.69. The van der Waals surface area contributed by atoms with Crippen LogP contribution < -0.4 is 5.32 Å². The lowest BCUT2D eigenvalue weighted by Gasteiger charge is -2.16. The van der Waals surface area contributed by atoms with E-state index in [2.05, 4.69) is 5.32 Å². The summed E-state index contributed by atoms with van der Waals surface area (Å²) in [6.45, 7) is -0.0172. The molecule has 0 saturated heterocycles. The van der Waals surface area contributed by atoms with Crippen LogP contribution in [0.2, 0.25) is 0 Å². The molecule has 9 heteroatoms. The number of hydrogen-bond acceptors (Lipinski definition) is 4. The molecule has 0 fully saturated rings. The number of nitro groups is 1. The monoisotopic (exact) mass is 285 g/mol. The van der Waals surface area contributed by atoms with E-state index in [4.69, 9.17) is 5.11 Å². The third-order valence-corrected chi connectivity index (χ3v) is 2.40. The van der Waals surface area contributed by atoms with E-state index < -0.39 is 28.4 Å². The van der Waals surface area contributed by atoms with Crippen LogP contribution in [0.15, 0.2) is 18.2 Å². The van der Waals surface area contributed by atoms with Gasteiger partial charge in [0, 0.05) is 31.4 Å². The SMILES string of the molecule is CN(CCC(=O)O)C(=O)Nc1ccc([N+](=O)[O-])c(F)c1. The van der Waals surface area contributed by atoms with Crippen LogP contribution in [0.5, 0.6) is 0 Å². The second-order valence-corrected chi connectivity index (χ2v) is 3.92. The normalized spacial score (nSPS) is 9.90. The number of carboxylic acids is 1. The van der Waals surface area contributed by atoms with Crippen molar-refractivity contribution in [1.29, 1.82) is 0 Å². The van der Waals surface area contributed by atoms with Crippen LogP contribution in [0.3, 0.4) is 0 Å². The first-order valence-electron chi connectivity index (χ1n) is 5.49. The van der Waals surface area contributed by atoms with Crippen LogP contribution in [0.4, 0.5) is 20.6 Å². The van der Waals surface area contributed by atoms with Gasteiger partial charge in [0.25, 0.3) is 0 Å². The molecule has 0 atom stereocenters. The molecule has 0 radical (unpaired) electrons. The minimum absolute atomic E-state index is 0.0172. The van der Waals surface area contributed by atoms with Gasteiger partial charge in [0.1, 0.15) is 0 Å². The molecule has 0 saturated carbocycles. The number of nitro benzene ring substituents is 1. The van der Waals surface area contributed by atoms with Crippen molar-refractivity contribution in [1.82, 2.24) is 4.90 Å². The molecule has 0 spiro atoms. The molecule has 1 aromatic rings. The number of urea groups is 1. The van der Waals surface area contributed by atoms with E-state index in [1.54, 1.807) is 0 Å². The number of hydrogen-bond donors (Lipinski definition) is 2. The highest BCUT2D eigenvalue weighted by Gasteiger charge is 2.16. The number of carbonyl (C=O) groups is 2. The first kappa shape index (κ1) is 15.3. The molecule has 20 heavy (non-hydrogen) atoms. The first-order chi connectivity index (χ1) is 9.31. The van der Waals surface area contributed by atoms with Gasteiger partial charge in [-0.15, -0.1) is 0 Å². The number of rotatable bonds is 5. The Morgan fingerprint density at radius 1 is 1.50 bits per heavy atom. The first-order valence-corrected chi connectivity index (χ1v) is 5.49. The van der Waals surface area contributed by atoms with Gasteiger partial charge in [-0.1, -0.05) is 0 Å². The van der Waals surface area contributed by atoms with Crippen molar-refractivity contribution in [3.63, 3.8) is 0 Å². The standard InChI is InChI=1S/C11H12FN3O5/c1-14(5-4-10(16)17)11(18)13-7-2-3-9(15(19)20)8(12)6-7/h2-3,6H,4-5H2,1H3,(H,13,18)(H,16,17). The summed E-state index contributed by atoms with van der Waals surface area (Å²) in [7, 11) is 1.38. The maximum absolute atomic E-state index is 13.3. The highest BCUT2D eigenvalue weighted by molar-refractivity contribution is 5.89. The Morgan fingerprint density at radius 3 is 2.65 bits per heavy atom. The average molecular weight is 285 g/mol. The van der Waals surface area contributed by atoms with Crippen LogP contribution in [0.1, 0.15) is 6.42 Å². The largest absolute Gasteiger partial charge is 0.481 e. The van der Waals surface area contributed by atoms with E-state index in [1.807, 2.05) is 0 Å². The van der Waals surface area contributed by atoms with Gasteiger partial charge in [0.15, 0.2) is 0 Å². The fraction of sp³-hybridized carbons (Fsp3) is 0.273. The van der Waals surface area contributed by atoms with E-state index >= 15 is 0 Å². The fourth-order valence-electron chi connectivity index (χ4n) is 1.32. The molecule has 1 rings (SSSR count). The van der Waals surface area contributed by atoms with Crippen LogP contribution >= 0.6 is 0 Å².